The molecule has 0 spiro atoms. The smallest absolute Gasteiger partial charge is 0.147 e. The second-order valence-electron chi connectivity index (χ2n) is 4.29. The van der Waals surface area contributed by atoms with E-state index < -0.39 is 0 Å². The van der Waals surface area contributed by atoms with Gasteiger partial charge in [0.25, 0.3) is 0 Å². The molecule has 3 aromatic rings. The van der Waals surface area contributed by atoms with Crippen LogP contribution in [0.2, 0.25) is 0 Å². The number of aliphatic hydroxyl groups is 1. The Morgan fingerprint density at radius 3 is 2.68 bits per heavy atom. The molecular formula is C15H14N2O2. The van der Waals surface area contributed by atoms with Crippen LogP contribution in [0.3, 0.4) is 0 Å². The van der Waals surface area contributed by atoms with Crippen LogP contribution in [0.15, 0.2) is 48.5 Å². The van der Waals surface area contributed by atoms with Gasteiger partial charge in [0.1, 0.15) is 17.9 Å². The van der Waals surface area contributed by atoms with Crippen molar-refractivity contribution in [3.8, 4) is 5.75 Å². The second-order valence-corrected chi connectivity index (χ2v) is 4.29. The molecule has 96 valence electrons. The summed E-state index contributed by atoms with van der Waals surface area (Å²) >= 11 is 0. The molecule has 2 N–H and O–H groups in total. The Balaban J connectivity index is 1.87. The maximum atomic E-state index is 9.21. The van der Waals surface area contributed by atoms with Crippen molar-refractivity contribution in [3.05, 3.63) is 59.8 Å². The van der Waals surface area contributed by atoms with Gasteiger partial charge in [-0.3, -0.25) is 5.10 Å². The number of hydrogen-bond donors (Lipinski definition) is 2. The highest BCUT2D eigenvalue weighted by molar-refractivity contribution is 5.86. The van der Waals surface area contributed by atoms with Crippen molar-refractivity contribution >= 4 is 10.9 Å². The van der Waals surface area contributed by atoms with Crippen LogP contribution in [0.25, 0.3) is 10.9 Å². The number of para-hydroxylation sites is 1. The van der Waals surface area contributed by atoms with Gasteiger partial charge in [0.2, 0.25) is 0 Å². The molecule has 0 aliphatic carbocycles. The topological polar surface area (TPSA) is 58.1 Å². The number of aromatic amines is 1. The van der Waals surface area contributed by atoms with Gasteiger partial charge in [-0.2, -0.15) is 5.10 Å². The molecule has 0 saturated heterocycles. The highest BCUT2D eigenvalue weighted by Gasteiger charge is 2.09. The number of H-pyrrole nitrogens is 1. The highest BCUT2D eigenvalue weighted by Crippen LogP contribution is 2.26. The van der Waals surface area contributed by atoms with Crippen molar-refractivity contribution in [1.82, 2.24) is 10.2 Å². The van der Waals surface area contributed by atoms with Crippen molar-refractivity contribution in [2.75, 3.05) is 0 Å². The molecule has 4 heteroatoms. The third-order valence-corrected chi connectivity index (χ3v) is 3.02. The van der Waals surface area contributed by atoms with Gasteiger partial charge in [-0.05, 0) is 11.6 Å². The van der Waals surface area contributed by atoms with Crippen LogP contribution in [-0.2, 0) is 13.2 Å². The molecule has 2 aromatic carbocycles. The number of nitrogens with zero attached hydrogens (tertiary/aromatic N) is 1. The molecule has 0 radical (unpaired) electrons. The zero-order valence-electron chi connectivity index (χ0n) is 10.3. The Kier molecular flexibility index (Phi) is 3.16. The molecule has 0 saturated carbocycles. The molecule has 0 bridgehead atoms. The van der Waals surface area contributed by atoms with Gasteiger partial charge >= 0.3 is 0 Å². The highest BCUT2D eigenvalue weighted by atomic mass is 16.5. The number of rotatable bonds is 4. The monoisotopic (exact) mass is 254 g/mol. The molecule has 1 aromatic heterocycles. The first kappa shape index (κ1) is 11.7. The molecular weight excluding hydrogens is 240 g/mol. The summed E-state index contributed by atoms with van der Waals surface area (Å²) in [7, 11) is 0. The molecule has 3 rings (SSSR count). The molecule has 0 atom stereocenters. The summed E-state index contributed by atoms with van der Waals surface area (Å²) in [6.45, 7) is 0.444. The summed E-state index contributed by atoms with van der Waals surface area (Å²) in [4.78, 5) is 0. The number of fused-ring (bicyclic) bond motifs is 1. The van der Waals surface area contributed by atoms with Crippen LogP contribution in [0.5, 0.6) is 5.75 Å². The summed E-state index contributed by atoms with van der Waals surface area (Å²) < 4.78 is 5.80. The second kappa shape index (κ2) is 5.12. The first-order chi connectivity index (χ1) is 9.38. The van der Waals surface area contributed by atoms with Gasteiger partial charge in [-0.1, -0.05) is 42.5 Å². The minimum Gasteiger partial charge on any atom is -0.487 e. The van der Waals surface area contributed by atoms with Gasteiger partial charge < -0.3 is 9.84 Å². The van der Waals surface area contributed by atoms with Crippen LogP contribution >= 0.6 is 0 Å². The molecule has 19 heavy (non-hydrogen) atoms. The lowest BCUT2D eigenvalue weighted by molar-refractivity contribution is 0.278. The van der Waals surface area contributed by atoms with E-state index in [0.29, 0.717) is 12.3 Å². The fourth-order valence-corrected chi connectivity index (χ4v) is 2.04. The summed E-state index contributed by atoms with van der Waals surface area (Å²) in [5.41, 5.74) is 2.57. The van der Waals surface area contributed by atoms with E-state index in [9.17, 15) is 5.11 Å². The van der Waals surface area contributed by atoms with Gasteiger partial charge in [0.05, 0.1) is 12.3 Å². The average Bonchev–Trinajstić information content (AvgIpc) is 2.90. The molecule has 0 unspecified atom stereocenters. The molecule has 0 aliphatic rings. The summed E-state index contributed by atoms with van der Waals surface area (Å²) in [6.07, 6.45) is 0. The van der Waals surface area contributed by atoms with Crippen molar-refractivity contribution < 1.29 is 9.84 Å². The minimum atomic E-state index is -0.0569. The number of aromatic nitrogens is 2. The Morgan fingerprint density at radius 2 is 1.89 bits per heavy atom. The van der Waals surface area contributed by atoms with E-state index in [0.717, 1.165) is 22.2 Å². The Hall–Kier alpha value is -2.33. The zero-order chi connectivity index (χ0) is 13.1. The van der Waals surface area contributed by atoms with E-state index in [4.69, 9.17) is 4.74 Å². The summed E-state index contributed by atoms with van der Waals surface area (Å²) in [5.74, 6) is 0.720. The SMILES string of the molecule is OCc1[nH]nc2c(OCc3ccccc3)cccc12. The number of benzene rings is 2. The van der Waals surface area contributed by atoms with Crippen molar-refractivity contribution in [2.24, 2.45) is 0 Å². The van der Waals surface area contributed by atoms with Gasteiger partial charge in [-0.15, -0.1) is 0 Å². The van der Waals surface area contributed by atoms with Gasteiger partial charge in [-0.25, -0.2) is 0 Å². The lowest BCUT2D eigenvalue weighted by Gasteiger charge is -2.06. The van der Waals surface area contributed by atoms with Crippen LogP contribution < -0.4 is 4.74 Å². The van der Waals surface area contributed by atoms with E-state index in [2.05, 4.69) is 10.2 Å². The Morgan fingerprint density at radius 1 is 1.05 bits per heavy atom. The summed E-state index contributed by atoms with van der Waals surface area (Å²) in [6, 6.07) is 15.7. The normalized spacial score (nSPS) is 10.8. The van der Waals surface area contributed by atoms with Gasteiger partial charge in [0, 0.05) is 5.39 Å². The molecule has 0 aliphatic heterocycles. The van der Waals surface area contributed by atoms with E-state index in [1.165, 1.54) is 0 Å². The fraction of sp³-hybridized carbons (Fsp3) is 0.133. The predicted octanol–water partition coefficient (Wildman–Crippen LogP) is 2.63. The van der Waals surface area contributed by atoms with E-state index in [-0.39, 0.29) is 6.61 Å². The van der Waals surface area contributed by atoms with Crippen molar-refractivity contribution in [2.45, 2.75) is 13.2 Å². The first-order valence-corrected chi connectivity index (χ1v) is 6.12. The standard InChI is InChI=1S/C15H14N2O2/c18-9-13-12-7-4-8-14(15(12)17-16-13)19-10-11-5-2-1-3-6-11/h1-8,18H,9-10H2,(H,16,17). The predicted molar refractivity (Wildman–Crippen MR) is 72.8 cm³/mol. The first-order valence-electron chi connectivity index (χ1n) is 6.12. The van der Waals surface area contributed by atoms with Crippen molar-refractivity contribution in [3.63, 3.8) is 0 Å². The molecule has 0 fully saturated rings. The number of ether oxygens (including phenoxy) is 1. The number of hydrogen-bond acceptors (Lipinski definition) is 3. The van der Waals surface area contributed by atoms with Crippen LogP contribution in [0.4, 0.5) is 0 Å². The number of nitrogens with one attached hydrogen (secondary N) is 1. The van der Waals surface area contributed by atoms with E-state index >= 15 is 0 Å². The van der Waals surface area contributed by atoms with Crippen LogP contribution in [0, 0.1) is 0 Å². The maximum absolute atomic E-state index is 9.21. The fourth-order valence-electron chi connectivity index (χ4n) is 2.04. The third kappa shape index (κ3) is 2.30. The zero-order valence-corrected chi connectivity index (χ0v) is 10.3. The summed E-state index contributed by atoms with van der Waals surface area (Å²) in [5, 5.41) is 17.1. The Labute approximate surface area is 110 Å². The Bertz CT molecular complexity index is 677. The lowest BCUT2D eigenvalue weighted by atomic mass is 10.2. The molecule has 4 nitrogen and oxygen atoms in total. The number of aliphatic hydroxyl groups excluding tert-OH is 1. The third-order valence-electron chi connectivity index (χ3n) is 3.02. The largest absolute Gasteiger partial charge is 0.487 e. The maximum Gasteiger partial charge on any atom is 0.147 e. The lowest BCUT2D eigenvalue weighted by Crippen LogP contribution is -1.95. The van der Waals surface area contributed by atoms with E-state index in [1.54, 1.807) is 0 Å². The van der Waals surface area contributed by atoms with Crippen molar-refractivity contribution in [1.29, 1.82) is 0 Å². The minimum absolute atomic E-state index is 0.0569. The van der Waals surface area contributed by atoms with E-state index in [1.807, 2.05) is 48.5 Å². The quantitative estimate of drug-likeness (QED) is 0.752. The molecule has 0 amide bonds. The van der Waals surface area contributed by atoms with Gasteiger partial charge in [0.15, 0.2) is 0 Å². The molecule has 1 heterocycles. The van der Waals surface area contributed by atoms with Crippen LogP contribution in [-0.4, -0.2) is 15.3 Å². The van der Waals surface area contributed by atoms with Crippen LogP contribution in [0.1, 0.15) is 11.3 Å². The average molecular weight is 254 g/mol.